The van der Waals surface area contributed by atoms with E-state index in [1.54, 1.807) is 30.7 Å². The summed E-state index contributed by atoms with van der Waals surface area (Å²) in [5, 5.41) is 2.75. The summed E-state index contributed by atoms with van der Waals surface area (Å²) in [6.07, 6.45) is 0.496. The summed E-state index contributed by atoms with van der Waals surface area (Å²) in [5.74, 6) is -0.457. The van der Waals surface area contributed by atoms with E-state index in [2.05, 4.69) is 5.32 Å². The Balaban J connectivity index is 2.07. The van der Waals surface area contributed by atoms with Crippen molar-refractivity contribution in [1.82, 2.24) is 20.0 Å². The van der Waals surface area contributed by atoms with Crippen molar-refractivity contribution < 1.29 is 14.4 Å². The highest BCUT2D eigenvalue weighted by Gasteiger charge is 2.49. The van der Waals surface area contributed by atoms with Crippen molar-refractivity contribution >= 4 is 17.8 Å². The van der Waals surface area contributed by atoms with Crippen molar-refractivity contribution in [3.8, 4) is 0 Å². The molecule has 0 aliphatic carbocycles. The Bertz CT molecular complexity index is 544. The maximum absolute atomic E-state index is 12.8. The molecule has 2 aliphatic rings. The fourth-order valence-electron chi connectivity index (χ4n) is 3.40. The number of carbonyl (C=O) groups is 3. The first-order valence-corrected chi connectivity index (χ1v) is 8.41. The van der Waals surface area contributed by atoms with E-state index in [4.69, 9.17) is 5.73 Å². The van der Waals surface area contributed by atoms with Gasteiger partial charge in [-0.3, -0.25) is 9.59 Å². The van der Waals surface area contributed by atoms with Crippen LogP contribution in [0.15, 0.2) is 0 Å². The maximum Gasteiger partial charge on any atom is 0.320 e. The Morgan fingerprint density at radius 1 is 1.33 bits per heavy atom. The topological polar surface area (TPSA) is 99.0 Å². The Morgan fingerprint density at radius 3 is 2.50 bits per heavy atom. The number of hydrogen-bond donors (Lipinski definition) is 2. The first-order chi connectivity index (χ1) is 11.0. The largest absolute Gasteiger partial charge is 0.343 e. The summed E-state index contributed by atoms with van der Waals surface area (Å²) in [5.41, 5.74) is 4.39. The minimum Gasteiger partial charge on any atom is -0.343 e. The Labute approximate surface area is 143 Å². The monoisotopic (exact) mass is 339 g/mol. The van der Waals surface area contributed by atoms with Gasteiger partial charge in [0.2, 0.25) is 11.8 Å². The van der Waals surface area contributed by atoms with Crippen LogP contribution in [0, 0.1) is 0 Å². The van der Waals surface area contributed by atoms with Crippen LogP contribution in [0.3, 0.4) is 0 Å². The van der Waals surface area contributed by atoms with E-state index in [0.29, 0.717) is 32.6 Å². The zero-order valence-corrected chi connectivity index (χ0v) is 15.3. The quantitative estimate of drug-likeness (QED) is 0.727. The lowest BCUT2D eigenvalue weighted by molar-refractivity contribution is -0.140. The van der Waals surface area contributed by atoms with Gasteiger partial charge >= 0.3 is 6.03 Å². The van der Waals surface area contributed by atoms with Crippen molar-refractivity contribution in [3.63, 3.8) is 0 Å². The molecule has 2 aliphatic heterocycles. The van der Waals surface area contributed by atoms with Crippen LogP contribution in [0.1, 0.15) is 34.1 Å². The molecule has 0 aromatic carbocycles. The van der Waals surface area contributed by atoms with Gasteiger partial charge in [-0.2, -0.15) is 0 Å². The lowest BCUT2D eigenvalue weighted by Crippen LogP contribution is -2.64. The van der Waals surface area contributed by atoms with Crippen LogP contribution >= 0.6 is 0 Å². The third kappa shape index (κ3) is 3.33. The molecule has 136 valence electrons. The van der Waals surface area contributed by atoms with Crippen LogP contribution in [0.4, 0.5) is 4.79 Å². The molecule has 4 amide bonds. The minimum atomic E-state index is -1.03. The highest BCUT2D eigenvalue weighted by Crippen LogP contribution is 2.29. The number of likely N-dealkylation sites (N-methyl/N-ethyl adjacent to an activating group) is 1. The Kier molecular flexibility index (Phi) is 4.81. The molecule has 2 atom stereocenters. The number of nitrogens with zero attached hydrogens (tertiary/aromatic N) is 3. The van der Waals surface area contributed by atoms with Crippen molar-refractivity contribution in [2.75, 3.05) is 33.2 Å². The molecular weight excluding hydrogens is 310 g/mol. The fraction of sp³-hybridized carbons (Fsp3) is 0.812. The molecule has 24 heavy (non-hydrogen) atoms. The van der Waals surface area contributed by atoms with Gasteiger partial charge in [-0.25, -0.2) is 4.79 Å². The summed E-state index contributed by atoms with van der Waals surface area (Å²) < 4.78 is 0. The number of nitrogens with two attached hydrogens (primary N) is 1. The second kappa shape index (κ2) is 6.23. The zero-order valence-electron chi connectivity index (χ0n) is 15.3. The van der Waals surface area contributed by atoms with Crippen LogP contribution in [0.2, 0.25) is 0 Å². The molecule has 2 heterocycles. The molecule has 2 saturated heterocycles. The Hall–Kier alpha value is -1.83. The zero-order chi connectivity index (χ0) is 18.3. The molecular formula is C16H29N5O3. The summed E-state index contributed by atoms with van der Waals surface area (Å²) in [6, 6.07) is -0.583. The highest BCUT2D eigenvalue weighted by molar-refractivity contribution is 5.91. The standard InChI is InChI=1S/C16H29N5O3/c1-6-11(18-13(23)15(2,3)17)12(22)20-7-8-21-14(24)19(5)9-16(21,4)10-20/h11H,6-10,17H2,1-5H3,(H,18,23). The molecule has 2 unspecified atom stereocenters. The van der Waals surface area contributed by atoms with Crippen molar-refractivity contribution in [3.05, 3.63) is 0 Å². The summed E-state index contributed by atoms with van der Waals surface area (Å²) in [7, 11) is 1.77. The van der Waals surface area contributed by atoms with Gasteiger partial charge in [0.1, 0.15) is 6.04 Å². The highest BCUT2D eigenvalue weighted by atomic mass is 16.2. The predicted molar refractivity (Wildman–Crippen MR) is 90.2 cm³/mol. The third-order valence-electron chi connectivity index (χ3n) is 4.82. The van der Waals surface area contributed by atoms with E-state index in [1.165, 1.54) is 0 Å². The third-order valence-corrected chi connectivity index (χ3v) is 4.82. The molecule has 3 N–H and O–H groups in total. The van der Waals surface area contributed by atoms with Crippen molar-refractivity contribution in [2.45, 2.75) is 51.2 Å². The van der Waals surface area contributed by atoms with Crippen LogP contribution in [-0.4, -0.2) is 82.9 Å². The number of hydrogen-bond acceptors (Lipinski definition) is 4. The second-order valence-corrected chi connectivity index (χ2v) is 7.70. The van der Waals surface area contributed by atoms with Gasteiger partial charge < -0.3 is 25.8 Å². The van der Waals surface area contributed by atoms with Crippen LogP contribution in [0.25, 0.3) is 0 Å². The minimum absolute atomic E-state index is 0.00910. The van der Waals surface area contributed by atoms with Gasteiger partial charge in [0.25, 0.3) is 0 Å². The van der Waals surface area contributed by atoms with Gasteiger partial charge in [0, 0.05) is 33.2 Å². The number of carbonyl (C=O) groups excluding carboxylic acids is 3. The summed E-state index contributed by atoms with van der Waals surface area (Å²) >= 11 is 0. The molecule has 0 saturated carbocycles. The van der Waals surface area contributed by atoms with Gasteiger partial charge in [0.05, 0.1) is 11.1 Å². The average Bonchev–Trinajstić information content (AvgIpc) is 2.71. The van der Waals surface area contributed by atoms with E-state index in [-0.39, 0.29) is 23.4 Å². The molecule has 8 nitrogen and oxygen atoms in total. The normalized spacial score (nSPS) is 25.6. The van der Waals surface area contributed by atoms with E-state index in [0.717, 1.165) is 0 Å². The van der Waals surface area contributed by atoms with Crippen molar-refractivity contribution in [1.29, 1.82) is 0 Å². The molecule has 8 heteroatoms. The van der Waals surface area contributed by atoms with Gasteiger partial charge in [-0.1, -0.05) is 6.92 Å². The summed E-state index contributed by atoms with van der Waals surface area (Å²) in [6.45, 7) is 9.13. The smallest absolute Gasteiger partial charge is 0.320 e. The fourth-order valence-corrected chi connectivity index (χ4v) is 3.40. The van der Waals surface area contributed by atoms with Gasteiger partial charge in [-0.15, -0.1) is 0 Å². The number of rotatable bonds is 4. The second-order valence-electron chi connectivity index (χ2n) is 7.70. The summed E-state index contributed by atoms with van der Waals surface area (Å²) in [4.78, 5) is 42.3. The molecule has 0 aromatic heterocycles. The van der Waals surface area contributed by atoms with E-state index < -0.39 is 11.6 Å². The predicted octanol–water partition coefficient (Wildman–Crippen LogP) is -0.413. The molecule has 2 fully saturated rings. The SMILES string of the molecule is CCC(NC(=O)C(C)(C)N)C(=O)N1CCN2C(=O)N(C)CC2(C)C1. The molecule has 0 radical (unpaired) electrons. The Morgan fingerprint density at radius 2 is 1.96 bits per heavy atom. The lowest BCUT2D eigenvalue weighted by Gasteiger charge is -2.44. The maximum atomic E-state index is 12.8. The van der Waals surface area contributed by atoms with E-state index in [9.17, 15) is 14.4 Å². The number of fused-ring (bicyclic) bond motifs is 1. The van der Waals surface area contributed by atoms with E-state index in [1.807, 2.05) is 18.7 Å². The van der Waals surface area contributed by atoms with E-state index >= 15 is 0 Å². The molecule has 0 aromatic rings. The average molecular weight is 339 g/mol. The molecule has 2 rings (SSSR count). The van der Waals surface area contributed by atoms with Gasteiger partial charge in [0.15, 0.2) is 0 Å². The first kappa shape index (κ1) is 18.5. The number of piperazine rings is 1. The number of amides is 4. The van der Waals surface area contributed by atoms with Gasteiger partial charge in [-0.05, 0) is 27.2 Å². The van der Waals surface area contributed by atoms with Crippen LogP contribution in [0.5, 0.6) is 0 Å². The van der Waals surface area contributed by atoms with Crippen LogP contribution in [-0.2, 0) is 9.59 Å². The van der Waals surface area contributed by atoms with Crippen LogP contribution < -0.4 is 11.1 Å². The number of nitrogens with one attached hydrogen (secondary N) is 1. The first-order valence-electron chi connectivity index (χ1n) is 8.41. The molecule has 0 spiro atoms. The van der Waals surface area contributed by atoms with Crippen molar-refractivity contribution in [2.24, 2.45) is 5.73 Å². The number of urea groups is 1. The lowest BCUT2D eigenvalue weighted by atomic mass is 9.97. The molecule has 0 bridgehead atoms.